The topological polar surface area (TPSA) is 66.9 Å². The van der Waals surface area contributed by atoms with Gasteiger partial charge in [0.25, 0.3) is 5.91 Å². The molecule has 1 amide bonds. The highest BCUT2D eigenvalue weighted by Gasteiger charge is 2.13. The zero-order chi connectivity index (χ0) is 18.7. The van der Waals surface area contributed by atoms with Crippen LogP contribution in [-0.2, 0) is 0 Å². The van der Waals surface area contributed by atoms with Crippen LogP contribution < -0.4 is 10.6 Å². The van der Waals surface area contributed by atoms with Crippen LogP contribution in [0.25, 0.3) is 0 Å². The SMILES string of the molecule is Cc1nc(Nc2cccc(C)c2C)cc(C(=O)Nc2ccccc2Cl)n1. The molecule has 0 aliphatic carbocycles. The zero-order valence-electron chi connectivity index (χ0n) is 14.8. The second-order valence-corrected chi connectivity index (χ2v) is 6.40. The lowest BCUT2D eigenvalue weighted by Gasteiger charge is -2.12. The molecular weight excluding hydrogens is 348 g/mol. The van der Waals surface area contributed by atoms with Crippen molar-refractivity contribution in [3.05, 3.63) is 76.2 Å². The molecule has 0 aliphatic rings. The Kier molecular flexibility index (Phi) is 5.19. The summed E-state index contributed by atoms with van der Waals surface area (Å²) in [6, 6.07) is 14.7. The fourth-order valence-electron chi connectivity index (χ4n) is 2.52. The van der Waals surface area contributed by atoms with E-state index >= 15 is 0 Å². The number of aromatic nitrogens is 2. The minimum Gasteiger partial charge on any atom is -0.340 e. The molecule has 0 fully saturated rings. The highest BCUT2D eigenvalue weighted by Crippen LogP contribution is 2.23. The first kappa shape index (κ1) is 17.9. The Labute approximate surface area is 157 Å². The maximum absolute atomic E-state index is 12.6. The lowest BCUT2D eigenvalue weighted by atomic mass is 10.1. The average Bonchev–Trinajstić information content (AvgIpc) is 2.60. The van der Waals surface area contributed by atoms with Crippen molar-refractivity contribution in [2.24, 2.45) is 0 Å². The molecule has 3 aromatic rings. The predicted molar refractivity (Wildman–Crippen MR) is 105 cm³/mol. The van der Waals surface area contributed by atoms with Gasteiger partial charge < -0.3 is 10.6 Å². The summed E-state index contributed by atoms with van der Waals surface area (Å²) in [6.07, 6.45) is 0. The van der Waals surface area contributed by atoms with Gasteiger partial charge in [-0.15, -0.1) is 0 Å². The number of benzene rings is 2. The standard InChI is InChI=1S/C20H19ClN4O/c1-12-7-6-10-16(13(12)2)24-19-11-18(22-14(3)23-19)20(26)25-17-9-5-4-8-15(17)21/h4-11H,1-3H3,(H,25,26)(H,22,23,24). The van der Waals surface area contributed by atoms with Crippen molar-refractivity contribution in [1.29, 1.82) is 0 Å². The Balaban J connectivity index is 1.86. The smallest absolute Gasteiger partial charge is 0.274 e. The lowest BCUT2D eigenvalue weighted by Crippen LogP contribution is -2.15. The number of hydrogen-bond acceptors (Lipinski definition) is 4. The van der Waals surface area contributed by atoms with Gasteiger partial charge in [0, 0.05) is 11.8 Å². The molecule has 1 aromatic heterocycles. The molecule has 6 heteroatoms. The highest BCUT2D eigenvalue weighted by atomic mass is 35.5. The Bertz CT molecular complexity index is 972. The molecule has 0 aliphatic heterocycles. The van der Waals surface area contributed by atoms with E-state index in [0.29, 0.717) is 22.4 Å². The summed E-state index contributed by atoms with van der Waals surface area (Å²) < 4.78 is 0. The van der Waals surface area contributed by atoms with Crippen molar-refractivity contribution in [3.63, 3.8) is 0 Å². The number of carbonyl (C=O) groups excluding carboxylic acids is 1. The molecule has 132 valence electrons. The Hall–Kier alpha value is -2.92. The van der Waals surface area contributed by atoms with Crippen molar-refractivity contribution >= 4 is 34.7 Å². The number of nitrogens with zero attached hydrogens (tertiary/aromatic N) is 2. The van der Waals surface area contributed by atoms with Crippen LogP contribution in [-0.4, -0.2) is 15.9 Å². The number of aryl methyl sites for hydroxylation is 2. The van der Waals surface area contributed by atoms with E-state index < -0.39 is 0 Å². The molecule has 0 atom stereocenters. The number of hydrogen-bond donors (Lipinski definition) is 2. The van der Waals surface area contributed by atoms with Crippen molar-refractivity contribution in [2.45, 2.75) is 20.8 Å². The van der Waals surface area contributed by atoms with Crippen LogP contribution in [0, 0.1) is 20.8 Å². The molecule has 3 rings (SSSR count). The summed E-state index contributed by atoms with van der Waals surface area (Å²) in [7, 11) is 0. The third-order valence-electron chi connectivity index (χ3n) is 4.06. The molecule has 1 heterocycles. The number of amides is 1. The summed E-state index contributed by atoms with van der Waals surface area (Å²) in [4.78, 5) is 21.2. The van der Waals surface area contributed by atoms with Crippen LogP contribution in [0.4, 0.5) is 17.2 Å². The van der Waals surface area contributed by atoms with Crippen LogP contribution in [0.2, 0.25) is 5.02 Å². The number of carbonyl (C=O) groups is 1. The number of para-hydroxylation sites is 1. The van der Waals surface area contributed by atoms with Crippen LogP contribution in [0.3, 0.4) is 0 Å². The van der Waals surface area contributed by atoms with Gasteiger partial charge in [0.05, 0.1) is 10.7 Å². The van der Waals surface area contributed by atoms with Gasteiger partial charge >= 0.3 is 0 Å². The molecule has 0 saturated carbocycles. The molecule has 0 saturated heterocycles. The summed E-state index contributed by atoms with van der Waals surface area (Å²) in [5, 5.41) is 6.52. The Morgan fingerprint density at radius 2 is 1.69 bits per heavy atom. The minimum atomic E-state index is -0.340. The van der Waals surface area contributed by atoms with Gasteiger partial charge in [0.1, 0.15) is 17.3 Å². The fraction of sp³-hybridized carbons (Fsp3) is 0.150. The van der Waals surface area contributed by atoms with Gasteiger partial charge in [-0.05, 0) is 50.1 Å². The van der Waals surface area contributed by atoms with Crippen LogP contribution in [0.5, 0.6) is 0 Å². The highest BCUT2D eigenvalue weighted by molar-refractivity contribution is 6.33. The Morgan fingerprint density at radius 3 is 2.46 bits per heavy atom. The van der Waals surface area contributed by atoms with Gasteiger partial charge in [-0.2, -0.15) is 0 Å². The van der Waals surface area contributed by atoms with Gasteiger partial charge in [0.15, 0.2) is 0 Å². The van der Waals surface area contributed by atoms with E-state index in [2.05, 4.69) is 20.6 Å². The molecule has 0 radical (unpaired) electrons. The lowest BCUT2D eigenvalue weighted by molar-refractivity contribution is 0.102. The summed E-state index contributed by atoms with van der Waals surface area (Å²) >= 11 is 6.10. The molecule has 2 N–H and O–H groups in total. The maximum Gasteiger partial charge on any atom is 0.274 e. The average molecular weight is 367 g/mol. The summed E-state index contributed by atoms with van der Waals surface area (Å²) in [5.41, 5.74) is 4.06. The monoisotopic (exact) mass is 366 g/mol. The third kappa shape index (κ3) is 4.00. The van der Waals surface area contributed by atoms with Gasteiger partial charge in [-0.3, -0.25) is 4.79 Å². The first-order chi connectivity index (χ1) is 12.4. The van der Waals surface area contributed by atoms with E-state index in [9.17, 15) is 4.79 Å². The van der Waals surface area contributed by atoms with E-state index in [-0.39, 0.29) is 11.6 Å². The zero-order valence-corrected chi connectivity index (χ0v) is 15.6. The van der Waals surface area contributed by atoms with Gasteiger partial charge in [0.2, 0.25) is 0 Å². The third-order valence-corrected chi connectivity index (χ3v) is 4.39. The quantitative estimate of drug-likeness (QED) is 0.678. The number of halogens is 1. The van der Waals surface area contributed by atoms with Crippen molar-refractivity contribution in [1.82, 2.24) is 9.97 Å². The minimum absolute atomic E-state index is 0.269. The molecule has 0 unspecified atom stereocenters. The van der Waals surface area contributed by atoms with E-state index in [1.165, 1.54) is 5.56 Å². The molecule has 0 spiro atoms. The summed E-state index contributed by atoms with van der Waals surface area (Å²) in [5.74, 6) is 0.729. The van der Waals surface area contributed by atoms with Gasteiger partial charge in [-0.25, -0.2) is 9.97 Å². The molecule has 26 heavy (non-hydrogen) atoms. The van der Waals surface area contributed by atoms with E-state index in [1.54, 1.807) is 37.3 Å². The number of anilines is 3. The predicted octanol–water partition coefficient (Wildman–Crippen LogP) is 5.05. The second-order valence-electron chi connectivity index (χ2n) is 5.99. The number of nitrogens with one attached hydrogen (secondary N) is 2. The van der Waals surface area contributed by atoms with E-state index in [1.807, 2.05) is 32.0 Å². The van der Waals surface area contributed by atoms with Crippen LogP contribution >= 0.6 is 11.6 Å². The van der Waals surface area contributed by atoms with Gasteiger partial charge in [-0.1, -0.05) is 35.9 Å². The first-order valence-electron chi connectivity index (χ1n) is 8.19. The second kappa shape index (κ2) is 7.54. The summed E-state index contributed by atoms with van der Waals surface area (Å²) in [6.45, 7) is 5.84. The number of rotatable bonds is 4. The maximum atomic E-state index is 12.6. The first-order valence-corrected chi connectivity index (χ1v) is 8.56. The molecular formula is C20H19ClN4O. The molecule has 5 nitrogen and oxygen atoms in total. The van der Waals surface area contributed by atoms with Crippen molar-refractivity contribution < 1.29 is 4.79 Å². The normalized spacial score (nSPS) is 10.5. The van der Waals surface area contributed by atoms with Crippen molar-refractivity contribution in [2.75, 3.05) is 10.6 Å². The van der Waals surface area contributed by atoms with Crippen LogP contribution in [0.15, 0.2) is 48.5 Å². The van der Waals surface area contributed by atoms with Crippen LogP contribution in [0.1, 0.15) is 27.4 Å². The largest absolute Gasteiger partial charge is 0.340 e. The van der Waals surface area contributed by atoms with Crippen molar-refractivity contribution in [3.8, 4) is 0 Å². The Morgan fingerprint density at radius 1 is 0.962 bits per heavy atom. The van der Waals surface area contributed by atoms with E-state index in [4.69, 9.17) is 11.6 Å². The molecule has 0 bridgehead atoms. The fourth-order valence-corrected chi connectivity index (χ4v) is 2.70. The van der Waals surface area contributed by atoms with E-state index in [0.717, 1.165) is 11.3 Å². The molecule has 2 aromatic carbocycles.